The van der Waals surface area contributed by atoms with Crippen LogP contribution in [0, 0.1) is 5.41 Å². The maximum Gasteiger partial charge on any atom is 0.341 e. The number of unbranched alkanes of at least 4 members (excludes halogenated alkanes) is 2. The van der Waals surface area contributed by atoms with E-state index in [2.05, 4.69) is 23.5 Å². The van der Waals surface area contributed by atoms with Crippen molar-refractivity contribution in [3.8, 4) is 5.75 Å². The van der Waals surface area contributed by atoms with Crippen LogP contribution in [0.25, 0.3) is 0 Å². The molecule has 0 unspecified atom stereocenters. The zero-order chi connectivity index (χ0) is 28.0. The molecule has 210 valence electrons. The minimum absolute atomic E-state index is 0.0638. The van der Waals surface area contributed by atoms with Gasteiger partial charge < -0.3 is 19.5 Å². The first-order valence-corrected chi connectivity index (χ1v) is 16.1. The molecule has 1 aliphatic rings. The molecule has 2 aromatic carbocycles. The van der Waals surface area contributed by atoms with Crippen molar-refractivity contribution in [2.24, 2.45) is 5.41 Å². The van der Waals surface area contributed by atoms with Crippen molar-refractivity contribution in [2.45, 2.75) is 74.7 Å². The largest absolute Gasteiger partial charge is 0.489 e. The van der Waals surface area contributed by atoms with Gasteiger partial charge in [0.2, 0.25) is 0 Å². The molecule has 1 heterocycles. The maximum absolute atomic E-state index is 14.1. The zero-order valence-electron chi connectivity index (χ0n) is 23.2. The van der Waals surface area contributed by atoms with Gasteiger partial charge in [-0.15, -0.1) is 11.8 Å². The molecule has 7 nitrogen and oxygen atoms in total. The third kappa shape index (κ3) is 6.85. The van der Waals surface area contributed by atoms with Crippen molar-refractivity contribution >= 4 is 38.9 Å². The summed E-state index contributed by atoms with van der Waals surface area (Å²) in [6.07, 6.45) is 7.48. The summed E-state index contributed by atoms with van der Waals surface area (Å²) in [6.45, 7) is 5.82. The summed E-state index contributed by atoms with van der Waals surface area (Å²) in [7, 11) is -2.50. The molecule has 0 spiro atoms. The fraction of sp³-hybridized carbons (Fsp3) is 0.552. The first kappa shape index (κ1) is 30.3. The van der Waals surface area contributed by atoms with E-state index in [1.54, 1.807) is 6.07 Å². The van der Waals surface area contributed by atoms with Crippen molar-refractivity contribution in [2.75, 3.05) is 37.2 Å². The van der Waals surface area contributed by atoms with E-state index in [0.717, 1.165) is 49.1 Å². The first-order chi connectivity index (χ1) is 18.0. The molecule has 0 radical (unpaired) electrons. The second-order valence-electron chi connectivity index (χ2n) is 10.4. The second-order valence-corrected chi connectivity index (χ2v) is 13.2. The molecule has 38 heavy (non-hydrogen) atoms. The van der Waals surface area contributed by atoms with Crippen LogP contribution in [0.1, 0.15) is 59.3 Å². The standard InChI is InChI=1S/C29H41NO6S2/c1-6-8-15-29(16-9-7-2)19-30(22-13-11-10-12-14-22)23-17-25(37-5)24(18-26(23)38(33,34)21-29)36-20-28(3,32)27(31)35-4/h10-14,17-18,32H,6-9,15-16,19-21H2,1-5H3/t28-/m1/s1. The minimum Gasteiger partial charge on any atom is -0.489 e. The number of ether oxygens (including phenoxy) is 2. The van der Waals surface area contributed by atoms with Crippen molar-refractivity contribution in [3.05, 3.63) is 42.5 Å². The van der Waals surface area contributed by atoms with Crippen molar-refractivity contribution in [1.82, 2.24) is 0 Å². The number of sulfone groups is 1. The molecule has 0 bridgehead atoms. The Morgan fingerprint density at radius 3 is 2.32 bits per heavy atom. The number of rotatable bonds is 12. The summed E-state index contributed by atoms with van der Waals surface area (Å²) in [4.78, 5) is 15.1. The van der Waals surface area contributed by atoms with Gasteiger partial charge in [0.1, 0.15) is 12.4 Å². The Labute approximate surface area is 231 Å². The Morgan fingerprint density at radius 1 is 1.13 bits per heavy atom. The van der Waals surface area contributed by atoms with E-state index in [9.17, 15) is 18.3 Å². The molecule has 0 aromatic heterocycles. The predicted octanol–water partition coefficient (Wildman–Crippen LogP) is 6.00. The van der Waals surface area contributed by atoms with E-state index in [0.29, 0.717) is 18.0 Å². The molecule has 1 aliphatic heterocycles. The number of para-hydroxylation sites is 1. The lowest BCUT2D eigenvalue weighted by molar-refractivity contribution is -0.163. The predicted molar refractivity (Wildman–Crippen MR) is 153 cm³/mol. The molecule has 0 saturated heterocycles. The van der Waals surface area contributed by atoms with Crippen LogP contribution in [-0.2, 0) is 19.4 Å². The second kappa shape index (κ2) is 12.7. The Kier molecular flexibility index (Phi) is 10.2. The normalized spacial score (nSPS) is 17.7. The van der Waals surface area contributed by atoms with Gasteiger partial charge in [0.25, 0.3) is 0 Å². The smallest absolute Gasteiger partial charge is 0.341 e. The quantitative estimate of drug-likeness (QED) is 0.248. The van der Waals surface area contributed by atoms with Gasteiger partial charge in [-0.1, -0.05) is 57.7 Å². The van der Waals surface area contributed by atoms with Crippen LogP contribution in [0.3, 0.4) is 0 Å². The topological polar surface area (TPSA) is 93.1 Å². The van der Waals surface area contributed by atoms with Gasteiger partial charge in [-0.25, -0.2) is 13.2 Å². The first-order valence-electron chi connectivity index (χ1n) is 13.2. The van der Waals surface area contributed by atoms with E-state index < -0.39 is 26.8 Å². The van der Waals surface area contributed by atoms with Gasteiger partial charge in [-0.2, -0.15) is 0 Å². The molecule has 0 amide bonds. The maximum atomic E-state index is 14.1. The molecular formula is C29H41NO6S2. The van der Waals surface area contributed by atoms with Gasteiger partial charge in [-0.05, 0) is 44.2 Å². The molecule has 0 saturated carbocycles. The highest BCUT2D eigenvalue weighted by Crippen LogP contribution is 2.47. The lowest BCUT2D eigenvalue weighted by Gasteiger charge is -2.37. The van der Waals surface area contributed by atoms with E-state index in [4.69, 9.17) is 4.74 Å². The van der Waals surface area contributed by atoms with E-state index in [1.165, 1.54) is 25.8 Å². The van der Waals surface area contributed by atoms with Gasteiger partial charge in [0, 0.05) is 23.7 Å². The lowest BCUT2D eigenvalue weighted by Crippen LogP contribution is -2.42. The van der Waals surface area contributed by atoms with Crippen LogP contribution in [0.15, 0.2) is 52.3 Å². The fourth-order valence-corrected chi connectivity index (χ4v) is 7.74. The van der Waals surface area contributed by atoms with Crippen LogP contribution in [-0.4, -0.2) is 57.4 Å². The number of benzene rings is 2. The Morgan fingerprint density at radius 2 is 1.76 bits per heavy atom. The van der Waals surface area contributed by atoms with Gasteiger partial charge in [0.15, 0.2) is 15.4 Å². The van der Waals surface area contributed by atoms with Crippen molar-refractivity contribution in [3.63, 3.8) is 0 Å². The summed E-state index contributed by atoms with van der Waals surface area (Å²) < 4.78 is 38.8. The van der Waals surface area contributed by atoms with Crippen molar-refractivity contribution in [1.29, 1.82) is 0 Å². The third-order valence-corrected chi connectivity index (χ3v) is 9.93. The molecule has 0 aliphatic carbocycles. The van der Waals surface area contributed by atoms with Crippen molar-refractivity contribution < 1.29 is 27.8 Å². The number of methoxy groups -OCH3 is 1. The third-order valence-electron chi connectivity index (χ3n) is 7.18. The highest BCUT2D eigenvalue weighted by Gasteiger charge is 2.43. The average molecular weight is 564 g/mol. The molecule has 3 rings (SSSR count). The summed E-state index contributed by atoms with van der Waals surface area (Å²) in [5.41, 5.74) is -0.698. The van der Waals surface area contributed by atoms with Gasteiger partial charge >= 0.3 is 5.97 Å². The highest BCUT2D eigenvalue weighted by molar-refractivity contribution is 7.98. The van der Waals surface area contributed by atoms with Crippen LogP contribution < -0.4 is 9.64 Å². The molecular weight excluding hydrogens is 522 g/mol. The van der Waals surface area contributed by atoms with Crippen LogP contribution in [0.4, 0.5) is 11.4 Å². The van der Waals surface area contributed by atoms with Crippen LogP contribution >= 0.6 is 11.8 Å². The Balaban J connectivity index is 2.18. The molecule has 2 aromatic rings. The lowest BCUT2D eigenvalue weighted by atomic mass is 9.79. The SMILES string of the molecule is CCCCC1(CCCC)CN(c2ccccc2)c2cc(SC)c(OC[C@@](C)(O)C(=O)OC)cc2S(=O)(=O)C1. The summed E-state index contributed by atoms with van der Waals surface area (Å²) in [6, 6.07) is 13.4. The monoisotopic (exact) mass is 563 g/mol. The average Bonchev–Trinajstić information content (AvgIpc) is 3.00. The Hall–Kier alpha value is -2.23. The molecule has 1 atom stereocenters. The number of hydrogen-bond donors (Lipinski definition) is 1. The van der Waals surface area contributed by atoms with Crippen LogP contribution in [0.2, 0.25) is 0 Å². The molecule has 9 heteroatoms. The molecule has 1 N–H and O–H groups in total. The van der Waals surface area contributed by atoms with E-state index in [-0.39, 0.29) is 17.3 Å². The number of nitrogens with zero attached hydrogens (tertiary/aromatic N) is 1. The van der Waals surface area contributed by atoms with E-state index >= 15 is 0 Å². The minimum atomic E-state index is -3.70. The number of anilines is 2. The number of fused-ring (bicyclic) bond motifs is 1. The number of thioether (sulfide) groups is 1. The summed E-state index contributed by atoms with van der Waals surface area (Å²) in [5, 5.41) is 10.5. The number of carbonyl (C=O) groups is 1. The number of esters is 1. The summed E-state index contributed by atoms with van der Waals surface area (Å²) in [5.74, 6) is -0.446. The Bertz CT molecular complexity index is 1190. The highest BCUT2D eigenvalue weighted by atomic mass is 32.2. The van der Waals surface area contributed by atoms with Gasteiger partial charge in [-0.3, -0.25) is 0 Å². The zero-order valence-corrected chi connectivity index (χ0v) is 24.8. The van der Waals surface area contributed by atoms with Crippen LogP contribution in [0.5, 0.6) is 5.75 Å². The summed E-state index contributed by atoms with van der Waals surface area (Å²) >= 11 is 1.42. The molecule has 0 fully saturated rings. The number of hydrogen-bond acceptors (Lipinski definition) is 8. The fourth-order valence-electron chi connectivity index (χ4n) is 5.08. The van der Waals surface area contributed by atoms with Gasteiger partial charge in [0.05, 0.1) is 28.3 Å². The number of carbonyl (C=O) groups excluding carboxylic acids is 1. The van der Waals surface area contributed by atoms with E-state index in [1.807, 2.05) is 42.7 Å². The number of aliphatic hydroxyl groups is 1.